The molecule has 0 saturated carbocycles. The maximum atomic E-state index is 3.87. The average Bonchev–Trinajstić information content (AvgIpc) is 2.04. The van der Waals surface area contributed by atoms with Gasteiger partial charge in [0.25, 0.3) is 0 Å². The third kappa shape index (κ3) is 3.49. The first kappa shape index (κ1) is 12.0. The molecule has 74 valence electrons. The largest absolute Gasteiger partial charge is 0.355 e. The molecule has 0 aliphatic carbocycles. The molecule has 0 aromatic rings. The SMILES string of the molecule is C=CC(C)(C)/C(C)=C/N(C)C(=C)C. The molecule has 0 spiro atoms. The van der Waals surface area contributed by atoms with Crippen LogP contribution in [0.2, 0.25) is 0 Å². The minimum Gasteiger partial charge on any atom is -0.355 e. The summed E-state index contributed by atoms with van der Waals surface area (Å²) in [5, 5.41) is 0. The van der Waals surface area contributed by atoms with Crippen molar-refractivity contribution in [1.29, 1.82) is 0 Å². The van der Waals surface area contributed by atoms with E-state index >= 15 is 0 Å². The van der Waals surface area contributed by atoms with Gasteiger partial charge in [-0.05, 0) is 19.4 Å². The molecule has 0 fully saturated rings. The molecule has 0 atom stereocenters. The van der Waals surface area contributed by atoms with Gasteiger partial charge >= 0.3 is 0 Å². The molecule has 0 aliphatic rings. The fourth-order valence-corrected chi connectivity index (χ4v) is 0.728. The fraction of sp³-hybridized carbons (Fsp3) is 0.500. The smallest absolute Gasteiger partial charge is 0.0108 e. The second kappa shape index (κ2) is 4.31. The molecular weight excluding hydrogens is 158 g/mol. The molecule has 0 saturated heterocycles. The van der Waals surface area contributed by atoms with Crippen LogP contribution in [0.4, 0.5) is 0 Å². The van der Waals surface area contributed by atoms with Gasteiger partial charge in [-0.3, -0.25) is 0 Å². The summed E-state index contributed by atoms with van der Waals surface area (Å²) >= 11 is 0. The van der Waals surface area contributed by atoms with Gasteiger partial charge in [0.2, 0.25) is 0 Å². The van der Waals surface area contributed by atoms with Crippen molar-refractivity contribution in [2.45, 2.75) is 27.7 Å². The highest BCUT2D eigenvalue weighted by Crippen LogP contribution is 2.27. The molecule has 1 heteroatoms. The van der Waals surface area contributed by atoms with Crippen LogP contribution < -0.4 is 0 Å². The van der Waals surface area contributed by atoms with E-state index in [1.165, 1.54) is 5.57 Å². The molecule has 0 aromatic heterocycles. The van der Waals surface area contributed by atoms with Crippen molar-refractivity contribution in [1.82, 2.24) is 4.90 Å². The first-order valence-electron chi connectivity index (χ1n) is 4.52. The number of hydrogen-bond acceptors (Lipinski definition) is 1. The van der Waals surface area contributed by atoms with Gasteiger partial charge < -0.3 is 4.90 Å². The highest BCUT2D eigenvalue weighted by atomic mass is 15.1. The maximum absolute atomic E-state index is 3.87. The number of allylic oxidation sites excluding steroid dienone is 3. The summed E-state index contributed by atoms with van der Waals surface area (Å²) in [6.45, 7) is 16.1. The highest BCUT2D eigenvalue weighted by Gasteiger charge is 2.15. The van der Waals surface area contributed by atoms with Gasteiger partial charge in [0, 0.05) is 24.4 Å². The fourth-order valence-electron chi connectivity index (χ4n) is 0.728. The lowest BCUT2D eigenvalue weighted by Crippen LogP contribution is -2.14. The zero-order chi connectivity index (χ0) is 10.6. The molecule has 0 aromatic carbocycles. The highest BCUT2D eigenvalue weighted by molar-refractivity contribution is 5.16. The lowest BCUT2D eigenvalue weighted by atomic mass is 9.86. The average molecular weight is 179 g/mol. The van der Waals surface area contributed by atoms with Crippen LogP contribution >= 0.6 is 0 Å². The molecule has 0 unspecified atom stereocenters. The van der Waals surface area contributed by atoms with Crippen molar-refractivity contribution in [3.63, 3.8) is 0 Å². The van der Waals surface area contributed by atoms with Crippen LogP contribution in [0.1, 0.15) is 27.7 Å². The van der Waals surface area contributed by atoms with Crippen LogP contribution in [0.5, 0.6) is 0 Å². The Morgan fingerprint density at radius 3 is 2.08 bits per heavy atom. The van der Waals surface area contributed by atoms with E-state index in [-0.39, 0.29) is 5.41 Å². The minimum atomic E-state index is 0.0592. The molecule has 1 nitrogen and oxygen atoms in total. The Morgan fingerprint density at radius 1 is 1.31 bits per heavy atom. The second-order valence-electron chi connectivity index (χ2n) is 4.08. The first-order valence-corrected chi connectivity index (χ1v) is 4.52. The van der Waals surface area contributed by atoms with E-state index in [1.54, 1.807) is 0 Å². The van der Waals surface area contributed by atoms with Crippen molar-refractivity contribution in [3.8, 4) is 0 Å². The molecule has 0 radical (unpaired) electrons. The lowest BCUT2D eigenvalue weighted by molar-refractivity contribution is 0.520. The van der Waals surface area contributed by atoms with Gasteiger partial charge in [0.1, 0.15) is 0 Å². The van der Waals surface area contributed by atoms with Crippen molar-refractivity contribution in [2.75, 3.05) is 7.05 Å². The Hall–Kier alpha value is -0.980. The van der Waals surface area contributed by atoms with Gasteiger partial charge in [-0.1, -0.05) is 26.5 Å². The van der Waals surface area contributed by atoms with Gasteiger partial charge in [-0.15, -0.1) is 6.58 Å². The zero-order valence-corrected chi connectivity index (χ0v) is 9.52. The Morgan fingerprint density at radius 2 is 1.77 bits per heavy atom. The van der Waals surface area contributed by atoms with Gasteiger partial charge in [-0.2, -0.15) is 0 Å². The van der Waals surface area contributed by atoms with Gasteiger partial charge in [0.15, 0.2) is 0 Å². The zero-order valence-electron chi connectivity index (χ0n) is 9.52. The van der Waals surface area contributed by atoms with E-state index < -0.39 is 0 Å². The Balaban J connectivity index is 4.67. The predicted molar refractivity (Wildman–Crippen MR) is 60.3 cm³/mol. The summed E-state index contributed by atoms with van der Waals surface area (Å²) in [6, 6.07) is 0. The molecule has 13 heavy (non-hydrogen) atoms. The summed E-state index contributed by atoms with van der Waals surface area (Å²) in [7, 11) is 2.00. The van der Waals surface area contributed by atoms with E-state index in [9.17, 15) is 0 Å². The Kier molecular flexibility index (Phi) is 3.99. The van der Waals surface area contributed by atoms with E-state index in [4.69, 9.17) is 0 Å². The second-order valence-corrected chi connectivity index (χ2v) is 4.08. The third-order valence-electron chi connectivity index (χ3n) is 2.52. The molecule has 0 heterocycles. The Labute approximate surface area is 82.4 Å². The van der Waals surface area contributed by atoms with Crippen molar-refractivity contribution >= 4 is 0 Å². The van der Waals surface area contributed by atoms with Crippen molar-refractivity contribution < 1.29 is 0 Å². The molecule has 0 aliphatic heterocycles. The standard InChI is InChI=1S/C12H21N/c1-8-12(5,6)11(4)9-13(7)10(2)3/h8-9H,1-2H2,3-7H3/b11-9+. The van der Waals surface area contributed by atoms with Crippen LogP contribution in [-0.2, 0) is 0 Å². The van der Waals surface area contributed by atoms with Crippen LogP contribution in [0, 0.1) is 5.41 Å². The molecule has 0 amide bonds. The van der Waals surface area contributed by atoms with E-state index in [0.717, 1.165) is 5.70 Å². The maximum Gasteiger partial charge on any atom is 0.0108 e. The lowest BCUT2D eigenvalue weighted by Gasteiger charge is -2.24. The van der Waals surface area contributed by atoms with Crippen LogP contribution in [0.3, 0.4) is 0 Å². The van der Waals surface area contributed by atoms with Gasteiger partial charge in [-0.25, -0.2) is 0 Å². The Bertz CT molecular complexity index is 234. The van der Waals surface area contributed by atoms with E-state index in [0.29, 0.717) is 0 Å². The molecule has 0 N–H and O–H groups in total. The normalized spacial score (nSPS) is 12.5. The summed E-state index contributed by atoms with van der Waals surface area (Å²) < 4.78 is 0. The van der Waals surface area contributed by atoms with Crippen LogP contribution in [-0.4, -0.2) is 11.9 Å². The third-order valence-corrected chi connectivity index (χ3v) is 2.52. The van der Waals surface area contributed by atoms with Crippen molar-refractivity contribution in [3.05, 3.63) is 36.7 Å². The number of nitrogens with zero attached hydrogens (tertiary/aromatic N) is 1. The van der Waals surface area contributed by atoms with Gasteiger partial charge in [0.05, 0.1) is 0 Å². The summed E-state index contributed by atoms with van der Waals surface area (Å²) in [6.07, 6.45) is 4.06. The number of hydrogen-bond donors (Lipinski definition) is 0. The van der Waals surface area contributed by atoms with E-state index in [1.807, 2.05) is 24.9 Å². The summed E-state index contributed by atoms with van der Waals surface area (Å²) in [5.74, 6) is 0. The summed E-state index contributed by atoms with van der Waals surface area (Å²) in [4.78, 5) is 2.03. The van der Waals surface area contributed by atoms with E-state index in [2.05, 4.69) is 40.1 Å². The monoisotopic (exact) mass is 179 g/mol. The van der Waals surface area contributed by atoms with Crippen molar-refractivity contribution in [2.24, 2.45) is 5.41 Å². The number of rotatable bonds is 4. The predicted octanol–water partition coefficient (Wildman–Crippen LogP) is 3.57. The summed E-state index contributed by atoms with van der Waals surface area (Å²) in [5.41, 5.74) is 2.39. The minimum absolute atomic E-state index is 0.0592. The molecule has 0 rings (SSSR count). The topological polar surface area (TPSA) is 3.24 Å². The molecule has 0 bridgehead atoms. The quantitative estimate of drug-likeness (QED) is 0.596. The molecular formula is C12H21N. The van der Waals surface area contributed by atoms with Crippen LogP contribution in [0.15, 0.2) is 36.7 Å². The first-order chi connectivity index (χ1) is 5.81. The van der Waals surface area contributed by atoms with Crippen LogP contribution in [0.25, 0.3) is 0 Å².